The highest BCUT2D eigenvalue weighted by molar-refractivity contribution is 4.64. The molecule has 0 N–H and O–H groups in total. The second-order valence-corrected chi connectivity index (χ2v) is 4.10. The second kappa shape index (κ2) is 12.7. The van der Waals surface area contributed by atoms with Crippen LogP contribution in [0.25, 0.3) is 0 Å². The maximum Gasteiger partial charge on any atom is 0.157 e. The molecular formula is C14H28O2. The fourth-order valence-corrected chi connectivity index (χ4v) is 1.56. The summed E-state index contributed by atoms with van der Waals surface area (Å²) in [4.78, 5) is 0. The van der Waals surface area contributed by atoms with Gasteiger partial charge in [0, 0.05) is 6.61 Å². The lowest BCUT2D eigenvalue weighted by molar-refractivity contribution is -0.136. The van der Waals surface area contributed by atoms with E-state index in [0.29, 0.717) is 6.61 Å². The Bertz CT molecular complexity index is 146. The minimum absolute atomic E-state index is 0.0476. The van der Waals surface area contributed by atoms with Crippen molar-refractivity contribution in [2.45, 2.75) is 65.1 Å². The minimum Gasteiger partial charge on any atom is -0.353 e. The van der Waals surface area contributed by atoms with Crippen LogP contribution >= 0.6 is 0 Å². The quantitative estimate of drug-likeness (QED) is 0.282. The predicted octanol–water partition coefficient (Wildman–Crippen LogP) is 4.30. The Morgan fingerprint density at radius 2 is 1.69 bits per heavy atom. The molecule has 2 nitrogen and oxygen atoms in total. The van der Waals surface area contributed by atoms with Crippen molar-refractivity contribution in [2.24, 2.45) is 0 Å². The molecule has 0 spiro atoms. The van der Waals surface area contributed by atoms with Crippen LogP contribution in [0.3, 0.4) is 0 Å². The van der Waals surface area contributed by atoms with Gasteiger partial charge in [-0.1, -0.05) is 52.0 Å². The molecule has 0 rings (SSSR count). The summed E-state index contributed by atoms with van der Waals surface area (Å²) in [6.45, 7) is 9.34. The number of hydrogen-bond donors (Lipinski definition) is 0. The van der Waals surface area contributed by atoms with E-state index in [1.54, 1.807) is 6.08 Å². The van der Waals surface area contributed by atoms with Gasteiger partial charge in [-0.2, -0.15) is 0 Å². The number of ether oxygens (including phenoxy) is 2. The molecule has 16 heavy (non-hydrogen) atoms. The van der Waals surface area contributed by atoms with Crippen molar-refractivity contribution in [3.05, 3.63) is 12.7 Å². The summed E-state index contributed by atoms with van der Waals surface area (Å²) in [7, 11) is 0. The average molecular weight is 228 g/mol. The van der Waals surface area contributed by atoms with Crippen LogP contribution in [0.1, 0.15) is 58.8 Å². The zero-order valence-corrected chi connectivity index (χ0v) is 11.0. The maximum atomic E-state index is 5.63. The van der Waals surface area contributed by atoms with Crippen LogP contribution in [0.15, 0.2) is 12.7 Å². The average Bonchev–Trinajstić information content (AvgIpc) is 2.32. The normalized spacial score (nSPS) is 12.6. The maximum absolute atomic E-state index is 5.63. The van der Waals surface area contributed by atoms with Crippen LogP contribution in [0.4, 0.5) is 0 Å². The third-order valence-electron chi connectivity index (χ3n) is 2.53. The van der Waals surface area contributed by atoms with Crippen molar-refractivity contribution in [3.63, 3.8) is 0 Å². The summed E-state index contributed by atoms with van der Waals surface area (Å²) in [5.74, 6) is 0. The molecule has 0 aliphatic rings. The van der Waals surface area contributed by atoms with Crippen molar-refractivity contribution in [1.82, 2.24) is 0 Å². The van der Waals surface area contributed by atoms with Gasteiger partial charge in [-0.25, -0.2) is 0 Å². The van der Waals surface area contributed by atoms with Gasteiger partial charge in [0.2, 0.25) is 0 Å². The molecule has 0 radical (unpaired) electrons. The smallest absolute Gasteiger partial charge is 0.157 e. The fraction of sp³-hybridized carbons (Fsp3) is 0.857. The van der Waals surface area contributed by atoms with Gasteiger partial charge in [0.15, 0.2) is 6.29 Å². The predicted molar refractivity (Wildman–Crippen MR) is 69.6 cm³/mol. The lowest BCUT2D eigenvalue weighted by Crippen LogP contribution is -2.16. The van der Waals surface area contributed by atoms with Crippen molar-refractivity contribution < 1.29 is 9.47 Å². The highest BCUT2D eigenvalue weighted by atomic mass is 16.7. The third-order valence-corrected chi connectivity index (χ3v) is 2.53. The Morgan fingerprint density at radius 3 is 2.31 bits per heavy atom. The van der Waals surface area contributed by atoms with Gasteiger partial charge in [-0.3, -0.25) is 0 Å². The van der Waals surface area contributed by atoms with Crippen molar-refractivity contribution in [2.75, 3.05) is 13.2 Å². The summed E-state index contributed by atoms with van der Waals surface area (Å²) in [6, 6.07) is 0. The summed E-state index contributed by atoms with van der Waals surface area (Å²) >= 11 is 0. The van der Waals surface area contributed by atoms with Crippen LogP contribution < -0.4 is 0 Å². The molecular weight excluding hydrogens is 200 g/mol. The molecule has 2 heteroatoms. The molecule has 0 saturated heterocycles. The van der Waals surface area contributed by atoms with Crippen molar-refractivity contribution in [3.8, 4) is 0 Å². The van der Waals surface area contributed by atoms with Crippen LogP contribution in [-0.2, 0) is 9.47 Å². The molecule has 0 aliphatic heterocycles. The Labute approximate surface area is 101 Å². The first-order valence-corrected chi connectivity index (χ1v) is 6.69. The Hall–Kier alpha value is -0.340. The van der Waals surface area contributed by atoms with E-state index < -0.39 is 0 Å². The van der Waals surface area contributed by atoms with E-state index >= 15 is 0 Å². The third kappa shape index (κ3) is 10.2. The SMILES string of the molecule is C=CCOC(CC)OCCCCCCCC. The lowest BCUT2D eigenvalue weighted by Gasteiger charge is -2.15. The van der Waals surface area contributed by atoms with Gasteiger partial charge >= 0.3 is 0 Å². The Morgan fingerprint density at radius 1 is 1.00 bits per heavy atom. The number of unbranched alkanes of at least 4 members (excludes halogenated alkanes) is 5. The fourth-order valence-electron chi connectivity index (χ4n) is 1.56. The molecule has 0 amide bonds. The largest absolute Gasteiger partial charge is 0.353 e. The molecule has 0 saturated carbocycles. The lowest BCUT2D eigenvalue weighted by atomic mass is 10.1. The number of rotatable bonds is 12. The number of hydrogen-bond acceptors (Lipinski definition) is 2. The van der Waals surface area contributed by atoms with Gasteiger partial charge in [-0.15, -0.1) is 6.58 Å². The Balaban J connectivity index is 3.23. The van der Waals surface area contributed by atoms with Crippen molar-refractivity contribution in [1.29, 1.82) is 0 Å². The van der Waals surface area contributed by atoms with Gasteiger partial charge in [0.05, 0.1) is 6.61 Å². The van der Waals surface area contributed by atoms with Crippen LogP contribution in [0.5, 0.6) is 0 Å². The molecule has 0 aliphatic carbocycles. The molecule has 0 aromatic rings. The van der Waals surface area contributed by atoms with Gasteiger partial charge in [0.25, 0.3) is 0 Å². The van der Waals surface area contributed by atoms with E-state index in [-0.39, 0.29) is 6.29 Å². The van der Waals surface area contributed by atoms with Gasteiger partial charge < -0.3 is 9.47 Å². The zero-order valence-electron chi connectivity index (χ0n) is 11.0. The highest BCUT2D eigenvalue weighted by Crippen LogP contribution is 2.07. The van der Waals surface area contributed by atoms with Crippen molar-refractivity contribution >= 4 is 0 Å². The van der Waals surface area contributed by atoms with E-state index in [4.69, 9.17) is 9.47 Å². The molecule has 1 atom stereocenters. The molecule has 0 bridgehead atoms. The van der Waals surface area contributed by atoms with Gasteiger partial charge in [-0.05, 0) is 12.8 Å². The molecule has 0 fully saturated rings. The van der Waals surface area contributed by atoms with Gasteiger partial charge in [0.1, 0.15) is 0 Å². The Kier molecular flexibility index (Phi) is 12.5. The topological polar surface area (TPSA) is 18.5 Å². The molecule has 96 valence electrons. The first kappa shape index (κ1) is 15.7. The van der Waals surface area contributed by atoms with E-state index in [1.807, 2.05) is 0 Å². The van der Waals surface area contributed by atoms with Crippen LogP contribution in [0.2, 0.25) is 0 Å². The van der Waals surface area contributed by atoms with E-state index in [9.17, 15) is 0 Å². The standard InChI is InChI=1S/C14H28O2/c1-4-7-8-9-10-11-13-16-14(6-3)15-12-5-2/h5,14H,2,4,6-13H2,1,3H3. The molecule has 0 aromatic carbocycles. The van der Waals surface area contributed by atoms with Crippen LogP contribution in [-0.4, -0.2) is 19.5 Å². The van der Waals surface area contributed by atoms with Crippen LogP contribution in [0, 0.1) is 0 Å². The summed E-state index contributed by atoms with van der Waals surface area (Å²) in [5.41, 5.74) is 0. The molecule has 0 aromatic heterocycles. The second-order valence-electron chi connectivity index (χ2n) is 4.10. The first-order valence-electron chi connectivity index (χ1n) is 6.69. The molecule has 1 unspecified atom stereocenters. The summed E-state index contributed by atoms with van der Waals surface area (Å²) in [6.07, 6.45) is 10.4. The van der Waals surface area contributed by atoms with E-state index in [0.717, 1.165) is 19.4 Å². The van der Waals surface area contributed by atoms with E-state index in [2.05, 4.69) is 20.4 Å². The minimum atomic E-state index is -0.0476. The first-order chi connectivity index (χ1) is 7.85. The summed E-state index contributed by atoms with van der Waals surface area (Å²) < 4.78 is 11.1. The summed E-state index contributed by atoms with van der Waals surface area (Å²) in [5, 5.41) is 0. The highest BCUT2D eigenvalue weighted by Gasteiger charge is 2.04. The monoisotopic (exact) mass is 228 g/mol. The van der Waals surface area contributed by atoms with E-state index in [1.165, 1.54) is 32.1 Å². The molecule has 0 heterocycles. The zero-order chi connectivity index (χ0) is 12.1.